The number of fused-ring (bicyclic) bond motifs is 1. The van der Waals surface area contributed by atoms with E-state index in [9.17, 15) is 4.79 Å². The van der Waals surface area contributed by atoms with E-state index in [2.05, 4.69) is 20.8 Å². The molecular weight excluding hydrogens is 252 g/mol. The summed E-state index contributed by atoms with van der Waals surface area (Å²) >= 11 is 0. The van der Waals surface area contributed by atoms with E-state index >= 15 is 0 Å². The van der Waals surface area contributed by atoms with Crippen LogP contribution in [0.25, 0.3) is 0 Å². The molecule has 4 heteroatoms. The highest BCUT2D eigenvalue weighted by molar-refractivity contribution is 6.01. The molecule has 0 saturated carbocycles. The Morgan fingerprint density at radius 1 is 1.30 bits per heavy atom. The fraction of sp³-hybridized carbons (Fsp3) is 0.562. The molecule has 0 bridgehead atoms. The Morgan fingerprint density at radius 3 is 2.45 bits per heavy atom. The van der Waals surface area contributed by atoms with Gasteiger partial charge in [-0.2, -0.15) is 0 Å². The Kier molecular flexibility index (Phi) is 3.33. The molecule has 110 valence electrons. The third-order valence-corrected chi connectivity index (χ3v) is 3.82. The SMILES string of the molecule is CN1C(=O)C(C)(C)Oc2ccc(C(N)C(C)(C)C)cc21. The number of hydrogen-bond donors (Lipinski definition) is 1. The van der Waals surface area contributed by atoms with Gasteiger partial charge in [0, 0.05) is 13.1 Å². The van der Waals surface area contributed by atoms with Crippen LogP contribution in [0, 0.1) is 5.41 Å². The molecule has 1 heterocycles. The summed E-state index contributed by atoms with van der Waals surface area (Å²) in [7, 11) is 1.78. The summed E-state index contributed by atoms with van der Waals surface area (Å²) in [6.45, 7) is 9.87. The van der Waals surface area contributed by atoms with E-state index in [0.717, 1.165) is 17.0 Å². The molecule has 2 rings (SSSR count). The summed E-state index contributed by atoms with van der Waals surface area (Å²) < 4.78 is 5.79. The van der Waals surface area contributed by atoms with Crippen LogP contribution in [0.1, 0.15) is 46.2 Å². The average Bonchev–Trinajstić information content (AvgIpc) is 2.33. The number of carbonyl (C=O) groups excluding carboxylic acids is 1. The zero-order chi connectivity index (χ0) is 15.3. The van der Waals surface area contributed by atoms with E-state index in [1.165, 1.54) is 0 Å². The van der Waals surface area contributed by atoms with Crippen LogP contribution in [0.2, 0.25) is 0 Å². The van der Waals surface area contributed by atoms with Gasteiger partial charge in [0.05, 0.1) is 5.69 Å². The molecule has 1 atom stereocenters. The predicted octanol–water partition coefficient (Wildman–Crippen LogP) is 2.87. The van der Waals surface area contributed by atoms with Crippen LogP contribution in [-0.4, -0.2) is 18.6 Å². The van der Waals surface area contributed by atoms with Crippen molar-refractivity contribution in [3.8, 4) is 5.75 Å². The van der Waals surface area contributed by atoms with Gasteiger partial charge >= 0.3 is 0 Å². The molecule has 0 aliphatic carbocycles. The Labute approximate surface area is 120 Å². The smallest absolute Gasteiger partial charge is 0.270 e. The molecule has 1 unspecified atom stereocenters. The normalized spacial score (nSPS) is 19.4. The molecule has 20 heavy (non-hydrogen) atoms. The minimum Gasteiger partial charge on any atom is -0.476 e. The van der Waals surface area contributed by atoms with Crippen LogP contribution in [0.4, 0.5) is 5.69 Å². The molecule has 4 nitrogen and oxygen atoms in total. The van der Waals surface area contributed by atoms with E-state index in [0.29, 0.717) is 0 Å². The van der Waals surface area contributed by atoms with E-state index in [1.54, 1.807) is 25.8 Å². The number of ether oxygens (including phenoxy) is 1. The quantitative estimate of drug-likeness (QED) is 0.858. The van der Waals surface area contributed by atoms with Crippen molar-refractivity contribution in [2.24, 2.45) is 11.1 Å². The van der Waals surface area contributed by atoms with E-state index in [-0.39, 0.29) is 17.4 Å². The molecule has 1 aromatic carbocycles. The lowest BCUT2D eigenvalue weighted by Gasteiger charge is -2.37. The Hall–Kier alpha value is -1.55. The second kappa shape index (κ2) is 4.48. The molecule has 0 spiro atoms. The lowest BCUT2D eigenvalue weighted by atomic mass is 9.83. The second-order valence-corrected chi connectivity index (χ2v) is 7.05. The molecule has 0 aromatic heterocycles. The summed E-state index contributed by atoms with van der Waals surface area (Å²) in [6.07, 6.45) is 0. The zero-order valence-corrected chi connectivity index (χ0v) is 13.2. The maximum Gasteiger partial charge on any atom is 0.270 e. The van der Waals surface area contributed by atoms with Crippen LogP contribution in [0.5, 0.6) is 5.75 Å². The number of benzene rings is 1. The monoisotopic (exact) mass is 276 g/mol. The minimum absolute atomic E-state index is 0.0361. The largest absolute Gasteiger partial charge is 0.476 e. The summed E-state index contributed by atoms with van der Waals surface area (Å²) in [5.74, 6) is 0.674. The van der Waals surface area contributed by atoms with Gasteiger partial charge in [-0.3, -0.25) is 4.79 Å². The van der Waals surface area contributed by atoms with Crippen molar-refractivity contribution in [1.29, 1.82) is 0 Å². The standard InChI is InChI=1S/C16H24N2O2/c1-15(2,3)13(17)10-7-8-12-11(9-10)18(6)14(19)16(4,5)20-12/h7-9,13H,17H2,1-6H3. The van der Waals surface area contributed by atoms with Crippen LogP contribution in [0.15, 0.2) is 18.2 Å². The topological polar surface area (TPSA) is 55.6 Å². The van der Waals surface area contributed by atoms with Crippen molar-refractivity contribution < 1.29 is 9.53 Å². The van der Waals surface area contributed by atoms with Crippen LogP contribution in [0.3, 0.4) is 0 Å². The average molecular weight is 276 g/mol. The third-order valence-electron chi connectivity index (χ3n) is 3.82. The Morgan fingerprint density at radius 2 is 1.90 bits per heavy atom. The number of amides is 1. The highest BCUT2D eigenvalue weighted by Gasteiger charge is 2.39. The van der Waals surface area contributed by atoms with Crippen molar-refractivity contribution >= 4 is 11.6 Å². The van der Waals surface area contributed by atoms with Gasteiger partial charge in [0.25, 0.3) is 5.91 Å². The fourth-order valence-corrected chi connectivity index (χ4v) is 2.41. The van der Waals surface area contributed by atoms with Crippen LogP contribution in [-0.2, 0) is 4.79 Å². The van der Waals surface area contributed by atoms with Crippen molar-refractivity contribution in [2.75, 3.05) is 11.9 Å². The molecule has 0 saturated heterocycles. The molecule has 0 fully saturated rings. The number of anilines is 1. The number of likely N-dealkylation sites (N-methyl/N-ethyl adjacent to an activating group) is 1. The van der Waals surface area contributed by atoms with Crippen molar-refractivity contribution in [2.45, 2.75) is 46.3 Å². The lowest BCUT2D eigenvalue weighted by molar-refractivity contribution is -0.132. The third kappa shape index (κ3) is 2.40. The second-order valence-electron chi connectivity index (χ2n) is 7.05. The Bertz CT molecular complexity index is 544. The van der Waals surface area contributed by atoms with Gasteiger partial charge in [0.1, 0.15) is 5.75 Å². The fourth-order valence-electron chi connectivity index (χ4n) is 2.41. The highest BCUT2D eigenvalue weighted by atomic mass is 16.5. The molecule has 1 aliphatic heterocycles. The molecule has 2 N–H and O–H groups in total. The first kappa shape index (κ1) is 14.9. The molecule has 1 aromatic rings. The highest BCUT2D eigenvalue weighted by Crippen LogP contribution is 2.40. The minimum atomic E-state index is -0.824. The van der Waals surface area contributed by atoms with Gasteiger partial charge in [0.15, 0.2) is 5.60 Å². The Balaban J connectivity index is 2.46. The summed E-state index contributed by atoms with van der Waals surface area (Å²) in [4.78, 5) is 13.9. The van der Waals surface area contributed by atoms with Gasteiger partial charge in [-0.05, 0) is 37.0 Å². The van der Waals surface area contributed by atoms with E-state index in [1.807, 2.05) is 18.2 Å². The van der Waals surface area contributed by atoms with E-state index < -0.39 is 5.60 Å². The molecular formula is C16H24N2O2. The van der Waals surface area contributed by atoms with Gasteiger partial charge in [-0.1, -0.05) is 26.8 Å². The number of hydrogen-bond acceptors (Lipinski definition) is 3. The van der Waals surface area contributed by atoms with Crippen LogP contribution < -0.4 is 15.4 Å². The summed E-state index contributed by atoms with van der Waals surface area (Å²) in [6, 6.07) is 5.75. The maximum absolute atomic E-state index is 12.3. The van der Waals surface area contributed by atoms with E-state index in [4.69, 9.17) is 10.5 Å². The number of carbonyl (C=O) groups is 1. The van der Waals surface area contributed by atoms with Crippen molar-refractivity contribution in [3.63, 3.8) is 0 Å². The van der Waals surface area contributed by atoms with Gasteiger partial charge in [-0.15, -0.1) is 0 Å². The first-order valence-corrected chi connectivity index (χ1v) is 6.91. The van der Waals surface area contributed by atoms with Crippen molar-refractivity contribution in [1.82, 2.24) is 0 Å². The number of nitrogens with zero attached hydrogens (tertiary/aromatic N) is 1. The first-order valence-electron chi connectivity index (χ1n) is 6.91. The maximum atomic E-state index is 12.3. The molecule has 1 amide bonds. The molecule has 1 aliphatic rings. The van der Waals surface area contributed by atoms with Gasteiger partial charge in [0.2, 0.25) is 0 Å². The van der Waals surface area contributed by atoms with Gasteiger partial charge in [-0.25, -0.2) is 0 Å². The first-order chi connectivity index (χ1) is 9.04. The lowest BCUT2D eigenvalue weighted by Crippen LogP contribution is -2.51. The number of nitrogens with two attached hydrogens (primary N) is 1. The summed E-state index contributed by atoms with van der Waals surface area (Å²) in [5.41, 5.74) is 7.23. The molecule has 0 radical (unpaired) electrons. The number of rotatable bonds is 1. The van der Waals surface area contributed by atoms with Gasteiger partial charge < -0.3 is 15.4 Å². The van der Waals surface area contributed by atoms with Crippen molar-refractivity contribution in [3.05, 3.63) is 23.8 Å². The van der Waals surface area contributed by atoms with Crippen LogP contribution >= 0.6 is 0 Å². The predicted molar refractivity (Wildman–Crippen MR) is 80.9 cm³/mol. The summed E-state index contributed by atoms with van der Waals surface area (Å²) in [5, 5.41) is 0. The zero-order valence-electron chi connectivity index (χ0n) is 13.2.